The molecule has 0 radical (unpaired) electrons. The van der Waals surface area contributed by atoms with Crippen LogP contribution in [0.1, 0.15) is 31.8 Å². The highest BCUT2D eigenvalue weighted by molar-refractivity contribution is 5.91. The Hall–Kier alpha value is -3.80. The van der Waals surface area contributed by atoms with Crippen LogP contribution in [0.4, 0.5) is 11.4 Å². The third kappa shape index (κ3) is 7.61. The molecule has 0 saturated carbocycles. The molecule has 0 aliphatic rings. The molecule has 0 amide bonds. The summed E-state index contributed by atoms with van der Waals surface area (Å²) < 4.78 is 0. The van der Waals surface area contributed by atoms with Gasteiger partial charge in [0.1, 0.15) is 0 Å². The van der Waals surface area contributed by atoms with Gasteiger partial charge in [-0.15, -0.1) is 0 Å². The lowest BCUT2D eigenvalue weighted by molar-refractivity contribution is 0.0681. The number of carboxylic acid groups (broad SMARTS) is 2. The zero-order valence-electron chi connectivity index (χ0n) is 15.8. The van der Waals surface area contributed by atoms with Gasteiger partial charge in [-0.2, -0.15) is 0 Å². The van der Waals surface area contributed by atoms with E-state index >= 15 is 0 Å². The lowest BCUT2D eigenvalue weighted by Crippen LogP contribution is -1.99. The van der Waals surface area contributed by atoms with Gasteiger partial charge in [0.2, 0.25) is 0 Å². The van der Waals surface area contributed by atoms with Crippen molar-refractivity contribution in [3.05, 3.63) is 95.1 Å². The average Bonchev–Trinajstić information content (AvgIpc) is 2.67. The lowest BCUT2D eigenvalue weighted by atomic mass is 10.1. The van der Waals surface area contributed by atoms with Crippen molar-refractivity contribution in [2.24, 2.45) is 0 Å². The van der Waals surface area contributed by atoms with Crippen LogP contribution >= 0.6 is 0 Å². The molecular weight excluding hydrogens is 356 g/mol. The molecule has 0 aliphatic heterocycles. The fourth-order valence-corrected chi connectivity index (χ4v) is 1.93. The highest BCUT2D eigenvalue weighted by atomic mass is 16.4. The van der Waals surface area contributed by atoms with Gasteiger partial charge in [0.05, 0.1) is 11.1 Å². The zero-order chi connectivity index (χ0) is 21.1. The van der Waals surface area contributed by atoms with Crippen LogP contribution in [-0.2, 0) is 0 Å². The number of nitrogen functional groups attached to an aromatic ring is 2. The Bertz CT molecular complexity index is 803. The topological polar surface area (TPSA) is 127 Å². The van der Waals surface area contributed by atoms with Crippen LogP contribution < -0.4 is 11.5 Å². The second kappa shape index (κ2) is 11.0. The van der Waals surface area contributed by atoms with E-state index in [1.807, 2.05) is 62.4 Å². The SMILES string of the molecule is Cc1ccccc1N.Cc1ccccc1N.O=C(O)c1ccc(C(=O)O)cc1. The molecule has 0 unspecified atom stereocenters. The van der Waals surface area contributed by atoms with Crippen LogP contribution in [0, 0.1) is 13.8 Å². The molecule has 0 aliphatic carbocycles. The Morgan fingerprint density at radius 2 is 0.893 bits per heavy atom. The van der Waals surface area contributed by atoms with Crippen molar-refractivity contribution in [1.29, 1.82) is 0 Å². The minimum absolute atomic E-state index is 0.0833. The zero-order valence-corrected chi connectivity index (χ0v) is 15.8. The number of hydrogen-bond donors (Lipinski definition) is 4. The predicted molar refractivity (Wildman–Crippen MR) is 112 cm³/mol. The van der Waals surface area contributed by atoms with Crippen LogP contribution in [0.25, 0.3) is 0 Å². The largest absolute Gasteiger partial charge is 0.478 e. The molecule has 146 valence electrons. The van der Waals surface area contributed by atoms with Crippen LogP contribution in [0.15, 0.2) is 72.8 Å². The van der Waals surface area contributed by atoms with E-state index in [1.165, 1.54) is 24.3 Å². The van der Waals surface area contributed by atoms with Gasteiger partial charge in [-0.1, -0.05) is 36.4 Å². The molecule has 3 rings (SSSR count). The van der Waals surface area contributed by atoms with E-state index in [0.717, 1.165) is 22.5 Å². The minimum atomic E-state index is -1.06. The molecular formula is C22H24N2O4. The molecule has 0 aromatic heterocycles. The quantitative estimate of drug-likeness (QED) is 0.493. The summed E-state index contributed by atoms with van der Waals surface area (Å²) in [6, 6.07) is 20.6. The van der Waals surface area contributed by atoms with Gasteiger partial charge in [-0.05, 0) is 61.4 Å². The van der Waals surface area contributed by atoms with Gasteiger partial charge < -0.3 is 21.7 Å². The average molecular weight is 380 g/mol. The predicted octanol–water partition coefficient (Wildman–Crippen LogP) is 4.24. The fourth-order valence-electron chi connectivity index (χ4n) is 1.93. The van der Waals surface area contributed by atoms with E-state index < -0.39 is 11.9 Å². The molecule has 3 aromatic rings. The summed E-state index contributed by atoms with van der Waals surface area (Å²) in [6.45, 7) is 3.99. The van der Waals surface area contributed by atoms with Crippen molar-refractivity contribution >= 4 is 23.3 Å². The molecule has 0 fully saturated rings. The van der Waals surface area contributed by atoms with Crippen LogP contribution in [0.2, 0.25) is 0 Å². The summed E-state index contributed by atoms with van der Waals surface area (Å²) >= 11 is 0. The summed E-state index contributed by atoms with van der Waals surface area (Å²) in [6.07, 6.45) is 0. The molecule has 3 aromatic carbocycles. The molecule has 0 atom stereocenters. The molecule has 0 bridgehead atoms. The smallest absolute Gasteiger partial charge is 0.335 e. The maximum Gasteiger partial charge on any atom is 0.335 e. The first-order valence-corrected chi connectivity index (χ1v) is 8.41. The Labute approximate surface area is 164 Å². The number of hydrogen-bond acceptors (Lipinski definition) is 4. The Morgan fingerprint density at radius 3 is 1.07 bits per heavy atom. The molecule has 0 saturated heterocycles. The van der Waals surface area contributed by atoms with Gasteiger partial charge in [-0.3, -0.25) is 0 Å². The monoisotopic (exact) mass is 380 g/mol. The first-order chi connectivity index (χ1) is 13.2. The van der Waals surface area contributed by atoms with Crippen molar-refractivity contribution in [3.8, 4) is 0 Å². The molecule has 28 heavy (non-hydrogen) atoms. The van der Waals surface area contributed by atoms with Gasteiger partial charge in [-0.25, -0.2) is 9.59 Å². The van der Waals surface area contributed by atoms with Gasteiger partial charge in [0.15, 0.2) is 0 Å². The van der Waals surface area contributed by atoms with Crippen molar-refractivity contribution in [3.63, 3.8) is 0 Å². The summed E-state index contributed by atoms with van der Waals surface area (Å²) in [5.74, 6) is -2.13. The summed E-state index contributed by atoms with van der Waals surface area (Å²) in [5.41, 5.74) is 15.2. The summed E-state index contributed by atoms with van der Waals surface area (Å²) in [7, 11) is 0. The number of anilines is 2. The van der Waals surface area contributed by atoms with E-state index in [2.05, 4.69) is 0 Å². The van der Waals surface area contributed by atoms with Crippen molar-refractivity contribution < 1.29 is 19.8 Å². The highest BCUT2D eigenvalue weighted by Crippen LogP contribution is 2.07. The third-order valence-electron chi connectivity index (χ3n) is 3.76. The number of aryl methyl sites for hydroxylation is 2. The summed E-state index contributed by atoms with van der Waals surface area (Å²) in [4.78, 5) is 20.7. The first-order valence-electron chi connectivity index (χ1n) is 8.41. The first kappa shape index (κ1) is 22.2. The van der Waals surface area contributed by atoms with E-state index in [0.29, 0.717) is 0 Å². The number of nitrogens with two attached hydrogens (primary N) is 2. The fraction of sp³-hybridized carbons (Fsp3) is 0.0909. The molecule has 6 N–H and O–H groups in total. The molecule has 0 spiro atoms. The third-order valence-corrected chi connectivity index (χ3v) is 3.76. The van der Waals surface area contributed by atoms with Gasteiger partial charge in [0.25, 0.3) is 0 Å². The second-order valence-electron chi connectivity index (χ2n) is 5.90. The number of para-hydroxylation sites is 2. The standard InChI is InChI=1S/C8H6O4.2C7H9N/c9-7(10)5-1-2-6(4-3-5)8(11)12;2*1-6-4-2-3-5-7(6)8/h1-4H,(H,9,10)(H,11,12);2*2-5H,8H2,1H3. The van der Waals surface area contributed by atoms with Crippen molar-refractivity contribution in [2.75, 3.05) is 11.5 Å². The minimum Gasteiger partial charge on any atom is -0.478 e. The number of carboxylic acids is 2. The van der Waals surface area contributed by atoms with E-state index in [4.69, 9.17) is 21.7 Å². The van der Waals surface area contributed by atoms with Gasteiger partial charge >= 0.3 is 11.9 Å². The summed E-state index contributed by atoms with van der Waals surface area (Å²) in [5, 5.41) is 16.9. The van der Waals surface area contributed by atoms with Gasteiger partial charge in [0, 0.05) is 11.4 Å². The van der Waals surface area contributed by atoms with Crippen LogP contribution in [0.5, 0.6) is 0 Å². The Morgan fingerprint density at radius 1 is 0.607 bits per heavy atom. The number of carbonyl (C=O) groups is 2. The second-order valence-corrected chi connectivity index (χ2v) is 5.90. The number of rotatable bonds is 2. The molecule has 6 nitrogen and oxygen atoms in total. The van der Waals surface area contributed by atoms with E-state index in [-0.39, 0.29) is 11.1 Å². The highest BCUT2D eigenvalue weighted by Gasteiger charge is 2.04. The van der Waals surface area contributed by atoms with Crippen molar-refractivity contribution in [2.45, 2.75) is 13.8 Å². The van der Waals surface area contributed by atoms with E-state index in [9.17, 15) is 9.59 Å². The van der Waals surface area contributed by atoms with Crippen molar-refractivity contribution in [1.82, 2.24) is 0 Å². The molecule has 0 heterocycles. The maximum atomic E-state index is 10.3. The van der Waals surface area contributed by atoms with E-state index in [1.54, 1.807) is 0 Å². The Balaban J connectivity index is 0.000000217. The van der Waals surface area contributed by atoms with Crippen LogP contribution in [-0.4, -0.2) is 22.2 Å². The Kier molecular flexibility index (Phi) is 8.76. The maximum absolute atomic E-state index is 10.3. The normalized spacial score (nSPS) is 9.21. The number of benzene rings is 3. The number of aromatic carboxylic acids is 2. The lowest BCUT2D eigenvalue weighted by Gasteiger charge is -1.94. The molecule has 6 heteroatoms. The van der Waals surface area contributed by atoms with Crippen LogP contribution in [0.3, 0.4) is 0 Å².